The number of aromatic nitrogens is 3. The predicted molar refractivity (Wildman–Crippen MR) is 114 cm³/mol. The molecule has 0 bridgehead atoms. The van der Waals surface area contributed by atoms with Crippen LogP contribution < -0.4 is 10.3 Å². The fraction of sp³-hybridized carbons (Fsp3) is 0.143. The summed E-state index contributed by atoms with van der Waals surface area (Å²) in [5.74, 6) is -0.292. The summed E-state index contributed by atoms with van der Waals surface area (Å²) in [5.41, 5.74) is 5.04. The van der Waals surface area contributed by atoms with E-state index in [1.165, 1.54) is 12.1 Å². The number of benzene rings is 2. The van der Waals surface area contributed by atoms with Crippen LogP contribution in [-0.4, -0.2) is 25.3 Å². The van der Waals surface area contributed by atoms with Crippen LogP contribution in [-0.2, 0) is 17.9 Å². The highest BCUT2D eigenvalue weighted by atomic mass is 32.2. The van der Waals surface area contributed by atoms with Gasteiger partial charge in [-0.05, 0) is 53.9 Å². The standard InChI is InChI=1S/C21H19FN4O2S/c1-13-6-16(10-23-21(13)27)15-8-18(25-29(2)28)20-19(9-15)26(12-24-20)11-14-4-3-5-17(22)7-14/h3-10,12,25H,11H2,1-2H3,(H,23,27). The van der Waals surface area contributed by atoms with E-state index in [9.17, 15) is 13.7 Å². The monoisotopic (exact) mass is 410 g/mol. The molecule has 4 aromatic rings. The minimum atomic E-state index is -1.28. The molecule has 6 nitrogen and oxygen atoms in total. The molecule has 0 spiro atoms. The van der Waals surface area contributed by atoms with Crippen molar-refractivity contribution < 1.29 is 8.94 Å². The van der Waals surface area contributed by atoms with E-state index in [0.717, 1.165) is 22.2 Å². The molecule has 2 aromatic heterocycles. The second-order valence-electron chi connectivity index (χ2n) is 6.85. The van der Waals surface area contributed by atoms with E-state index in [4.69, 9.17) is 0 Å². The van der Waals surface area contributed by atoms with Gasteiger partial charge in [-0.3, -0.25) is 4.79 Å². The molecular weight excluding hydrogens is 391 g/mol. The minimum Gasteiger partial charge on any atom is -0.593 e. The summed E-state index contributed by atoms with van der Waals surface area (Å²) in [6.45, 7) is 2.19. The van der Waals surface area contributed by atoms with Gasteiger partial charge in [0.05, 0.1) is 23.2 Å². The molecule has 148 valence electrons. The number of pyridine rings is 1. The zero-order chi connectivity index (χ0) is 20.5. The maximum atomic E-state index is 13.6. The molecule has 0 amide bonds. The van der Waals surface area contributed by atoms with E-state index >= 15 is 0 Å². The van der Waals surface area contributed by atoms with E-state index in [0.29, 0.717) is 23.3 Å². The Hall–Kier alpha value is -3.10. The number of hydrogen-bond acceptors (Lipinski definition) is 4. The molecule has 0 radical (unpaired) electrons. The van der Waals surface area contributed by atoms with Gasteiger partial charge < -0.3 is 14.1 Å². The number of rotatable bonds is 5. The summed E-state index contributed by atoms with van der Waals surface area (Å²) in [6.07, 6.45) is 4.88. The lowest BCUT2D eigenvalue weighted by Gasteiger charge is -2.12. The lowest BCUT2D eigenvalue weighted by Crippen LogP contribution is -2.10. The van der Waals surface area contributed by atoms with Gasteiger partial charge in [0.15, 0.2) is 0 Å². The Kier molecular flexibility index (Phi) is 5.12. The highest BCUT2D eigenvalue weighted by molar-refractivity contribution is 7.92. The van der Waals surface area contributed by atoms with E-state index in [2.05, 4.69) is 14.7 Å². The molecule has 0 saturated heterocycles. The third-order valence-corrected chi connectivity index (χ3v) is 5.15. The number of fused-ring (bicyclic) bond motifs is 1. The highest BCUT2D eigenvalue weighted by Gasteiger charge is 2.14. The Morgan fingerprint density at radius 1 is 1.24 bits per heavy atom. The molecule has 8 heteroatoms. The first-order valence-electron chi connectivity index (χ1n) is 8.94. The Bertz CT molecular complexity index is 1250. The largest absolute Gasteiger partial charge is 0.593 e. The normalized spacial score (nSPS) is 12.3. The summed E-state index contributed by atoms with van der Waals surface area (Å²) in [6, 6.07) is 12.0. The molecular formula is C21H19FN4O2S. The molecule has 4 rings (SSSR count). The Morgan fingerprint density at radius 2 is 2.07 bits per heavy atom. The zero-order valence-electron chi connectivity index (χ0n) is 15.9. The lowest BCUT2D eigenvalue weighted by molar-refractivity contribution is 0.606. The van der Waals surface area contributed by atoms with Crippen LogP contribution in [0.5, 0.6) is 0 Å². The highest BCUT2D eigenvalue weighted by Crippen LogP contribution is 2.31. The van der Waals surface area contributed by atoms with Crippen molar-refractivity contribution in [1.29, 1.82) is 0 Å². The van der Waals surface area contributed by atoms with Gasteiger partial charge >= 0.3 is 0 Å². The Balaban J connectivity index is 1.86. The van der Waals surface area contributed by atoms with Crippen molar-refractivity contribution in [1.82, 2.24) is 14.5 Å². The van der Waals surface area contributed by atoms with Crippen molar-refractivity contribution >= 4 is 28.1 Å². The second-order valence-corrected chi connectivity index (χ2v) is 7.96. The van der Waals surface area contributed by atoms with E-state index in [-0.39, 0.29) is 11.4 Å². The molecule has 2 heterocycles. The maximum absolute atomic E-state index is 13.6. The van der Waals surface area contributed by atoms with Crippen molar-refractivity contribution in [3.05, 3.63) is 82.3 Å². The molecule has 2 N–H and O–H groups in total. The first-order chi connectivity index (χ1) is 13.9. The van der Waals surface area contributed by atoms with Gasteiger partial charge in [-0.15, -0.1) is 0 Å². The number of anilines is 1. The molecule has 2 aromatic carbocycles. The fourth-order valence-corrected chi connectivity index (χ4v) is 3.75. The number of H-pyrrole nitrogens is 1. The SMILES string of the molecule is Cc1cc(-c2cc(N[S+](C)[O-])c3ncn(Cc4cccc(F)c4)c3c2)c[nH]c1=O. The van der Waals surface area contributed by atoms with Gasteiger partial charge in [0.25, 0.3) is 5.56 Å². The van der Waals surface area contributed by atoms with Gasteiger partial charge in [-0.25, -0.2) is 14.1 Å². The molecule has 29 heavy (non-hydrogen) atoms. The van der Waals surface area contributed by atoms with E-state index < -0.39 is 11.4 Å². The average molecular weight is 410 g/mol. The molecule has 1 unspecified atom stereocenters. The van der Waals surface area contributed by atoms with Crippen LogP contribution >= 0.6 is 0 Å². The quantitative estimate of drug-likeness (QED) is 0.493. The molecule has 0 aliphatic heterocycles. The molecule has 0 saturated carbocycles. The van der Waals surface area contributed by atoms with Crippen molar-refractivity contribution in [3.63, 3.8) is 0 Å². The fourth-order valence-electron chi connectivity index (χ4n) is 3.28. The van der Waals surface area contributed by atoms with Crippen LogP contribution in [0.3, 0.4) is 0 Å². The van der Waals surface area contributed by atoms with Crippen LogP contribution in [0.1, 0.15) is 11.1 Å². The van der Waals surface area contributed by atoms with Gasteiger partial charge in [-0.2, -0.15) is 0 Å². The van der Waals surface area contributed by atoms with Gasteiger partial charge in [-0.1, -0.05) is 12.1 Å². The van der Waals surface area contributed by atoms with Crippen LogP contribution in [0, 0.1) is 12.7 Å². The Morgan fingerprint density at radius 3 is 2.79 bits per heavy atom. The van der Waals surface area contributed by atoms with Gasteiger partial charge in [0.1, 0.15) is 23.3 Å². The van der Waals surface area contributed by atoms with Crippen LogP contribution in [0.4, 0.5) is 10.1 Å². The van der Waals surface area contributed by atoms with Gasteiger partial charge in [0, 0.05) is 18.3 Å². The zero-order valence-corrected chi connectivity index (χ0v) is 16.7. The van der Waals surface area contributed by atoms with Crippen molar-refractivity contribution in [2.75, 3.05) is 11.0 Å². The van der Waals surface area contributed by atoms with Gasteiger partial charge in [0.2, 0.25) is 0 Å². The third kappa shape index (κ3) is 4.03. The summed E-state index contributed by atoms with van der Waals surface area (Å²) >= 11 is -1.28. The first-order valence-corrected chi connectivity index (χ1v) is 10.5. The average Bonchev–Trinajstić information content (AvgIpc) is 3.06. The molecule has 0 aliphatic carbocycles. The van der Waals surface area contributed by atoms with E-state index in [1.807, 2.05) is 22.8 Å². The van der Waals surface area contributed by atoms with Crippen LogP contribution in [0.25, 0.3) is 22.2 Å². The Labute approximate surface area is 169 Å². The third-order valence-electron chi connectivity index (χ3n) is 4.64. The summed E-state index contributed by atoms with van der Waals surface area (Å²) in [4.78, 5) is 18.9. The van der Waals surface area contributed by atoms with Crippen molar-refractivity contribution in [3.8, 4) is 11.1 Å². The van der Waals surface area contributed by atoms with Crippen molar-refractivity contribution in [2.24, 2.45) is 0 Å². The van der Waals surface area contributed by atoms with Crippen LogP contribution in [0.2, 0.25) is 0 Å². The smallest absolute Gasteiger partial charge is 0.250 e. The molecule has 1 atom stereocenters. The first kappa shape index (κ1) is 19.2. The number of aromatic amines is 1. The van der Waals surface area contributed by atoms with Crippen molar-refractivity contribution in [2.45, 2.75) is 13.5 Å². The van der Waals surface area contributed by atoms with E-state index in [1.54, 1.807) is 37.8 Å². The summed E-state index contributed by atoms with van der Waals surface area (Å²) in [5, 5.41) is 0. The minimum absolute atomic E-state index is 0.140. The maximum Gasteiger partial charge on any atom is 0.250 e. The number of nitrogens with one attached hydrogen (secondary N) is 2. The number of aryl methyl sites for hydroxylation is 1. The number of halogens is 1. The molecule has 0 aliphatic rings. The summed E-state index contributed by atoms with van der Waals surface area (Å²) in [7, 11) is 0. The topological polar surface area (TPSA) is 85.8 Å². The predicted octanol–water partition coefficient (Wildman–Crippen LogP) is 3.59. The number of nitrogens with zero attached hydrogens (tertiary/aromatic N) is 2. The summed E-state index contributed by atoms with van der Waals surface area (Å²) < 4.78 is 30.2. The lowest BCUT2D eigenvalue weighted by atomic mass is 10.0. The van der Waals surface area contributed by atoms with Crippen LogP contribution in [0.15, 0.2) is 59.8 Å². The molecule has 0 fully saturated rings. The number of imidazole rings is 1. The number of hydrogen-bond donors (Lipinski definition) is 2. The second kappa shape index (κ2) is 7.73.